The lowest BCUT2D eigenvalue weighted by molar-refractivity contribution is 0.660. The van der Waals surface area contributed by atoms with Crippen molar-refractivity contribution in [2.75, 3.05) is 4.90 Å². The summed E-state index contributed by atoms with van der Waals surface area (Å²) in [6.45, 7) is 4.72. The minimum absolute atomic E-state index is 0.147. The summed E-state index contributed by atoms with van der Waals surface area (Å²) in [7, 11) is 0. The van der Waals surface area contributed by atoms with E-state index in [9.17, 15) is 0 Å². The van der Waals surface area contributed by atoms with Crippen LogP contribution in [0.5, 0.6) is 0 Å². The topological polar surface area (TPSA) is 16.4 Å². The van der Waals surface area contributed by atoms with E-state index in [0.29, 0.717) is 0 Å². The molecular weight excluding hydrogens is 795 g/mol. The number of rotatable bonds is 6. The highest BCUT2D eigenvalue weighted by molar-refractivity contribution is 7.26. The lowest BCUT2D eigenvalue weighted by Gasteiger charge is -2.29. The molecule has 0 fully saturated rings. The summed E-state index contributed by atoms with van der Waals surface area (Å²) in [6, 6.07) is 78.0. The molecule has 0 radical (unpaired) electrons. The molecule has 1 aliphatic rings. The molecule has 64 heavy (non-hydrogen) atoms. The van der Waals surface area contributed by atoms with Crippen molar-refractivity contribution in [3.63, 3.8) is 0 Å². The lowest BCUT2D eigenvalue weighted by atomic mass is 9.81. The third kappa shape index (κ3) is 5.71. The molecule has 0 atom stereocenters. The van der Waals surface area contributed by atoms with Crippen LogP contribution in [-0.4, -0.2) is 0 Å². The Kier molecular flexibility index (Phi) is 8.16. The molecule has 2 heterocycles. The zero-order chi connectivity index (χ0) is 42.5. The predicted octanol–water partition coefficient (Wildman–Crippen LogP) is 17.9. The number of hydrogen-bond acceptors (Lipinski definition) is 3. The van der Waals surface area contributed by atoms with Crippen LogP contribution in [-0.2, 0) is 5.41 Å². The van der Waals surface area contributed by atoms with Crippen molar-refractivity contribution in [1.29, 1.82) is 0 Å². The van der Waals surface area contributed by atoms with E-state index in [4.69, 9.17) is 4.42 Å². The summed E-state index contributed by atoms with van der Waals surface area (Å²) >= 11 is 1.87. The summed E-state index contributed by atoms with van der Waals surface area (Å²) in [4.78, 5) is 2.44. The second-order valence-electron chi connectivity index (χ2n) is 17.7. The fourth-order valence-corrected chi connectivity index (χ4v) is 11.6. The molecule has 2 aromatic heterocycles. The molecule has 0 spiro atoms. The Balaban J connectivity index is 1.04. The van der Waals surface area contributed by atoms with Crippen LogP contribution in [0.2, 0.25) is 0 Å². The van der Waals surface area contributed by atoms with Crippen LogP contribution < -0.4 is 4.90 Å². The number of furan rings is 1. The summed E-state index contributed by atoms with van der Waals surface area (Å²) in [6.07, 6.45) is 0. The number of thiophene rings is 1. The standard InChI is InChI=1S/C61H41NOS/c1-61(2)54-21-10-8-17-47(54)48-32-27-43(34-55(48)61)51-37-58-53(52-33-41-15-6-7-16-42(41)35-57(52)63-58)36-56(51)62(44-28-23-39(24-29-44)38-13-4-3-5-14-38)45-30-25-40(26-31-45)46-19-12-20-50-49-18-9-11-22-59(49)64-60(46)50/h3-37H,1-2H3. The minimum Gasteiger partial charge on any atom is -0.456 e. The number of benzene rings is 10. The van der Waals surface area contributed by atoms with E-state index < -0.39 is 0 Å². The largest absolute Gasteiger partial charge is 0.456 e. The minimum atomic E-state index is -0.147. The van der Waals surface area contributed by atoms with Crippen molar-refractivity contribution in [1.82, 2.24) is 0 Å². The second kappa shape index (κ2) is 14.2. The summed E-state index contributed by atoms with van der Waals surface area (Å²) < 4.78 is 9.45. The first-order valence-electron chi connectivity index (χ1n) is 22.1. The number of hydrogen-bond donors (Lipinski definition) is 0. The van der Waals surface area contributed by atoms with Crippen molar-refractivity contribution in [2.45, 2.75) is 19.3 Å². The fourth-order valence-electron chi connectivity index (χ4n) is 10.4. The molecule has 0 unspecified atom stereocenters. The normalized spacial score (nSPS) is 13.0. The Morgan fingerprint density at radius 3 is 1.80 bits per heavy atom. The zero-order valence-electron chi connectivity index (χ0n) is 35.5. The van der Waals surface area contributed by atoms with Gasteiger partial charge in [-0.15, -0.1) is 11.3 Å². The first kappa shape index (κ1) is 36.9. The highest BCUT2D eigenvalue weighted by Crippen LogP contribution is 2.52. The Labute approximate surface area is 375 Å². The molecule has 2 nitrogen and oxygen atoms in total. The Morgan fingerprint density at radius 2 is 0.984 bits per heavy atom. The van der Waals surface area contributed by atoms with E-state index >= 15 is 0 Å². The maximum Gasteiger partial charge on any atom is 0.136 e. The van der Waals surface area contributed by atoms with Gasteiger partial charge >= 0.3 is 0 Å². The van der Waals surface area contributed by atoms with Crippen LogP contribution in [0.4, 0.5) is 17.1 Å². The van der Waals surface area contributed by atoms with Crippen LogP contribution in [0.15, 0.2) is 217 Å². The van der Waals surface area contributed by atoms with Crippen molar-refractivity contribution < 1.29 is 4.42 Å². The predicted molar refractivity (Wildman–Crippen MR) is 273 cm³/mol. The van der Waals surface area contributed by atoms with Crippen molar-refractivity contribution >= 4 is 81.3 Å². The van der Waals surface area contributed by atoms with Gasteiger partial charge in [0.2, 0.25) is 0 Å². The lowest BCUT2D eigenvalue weighted by Crippen LogP contribution is -2.15. The van der Waals surface area contributed by atoms with Crippen LogP contribution >= 0.6 is 11.3 Å². The molecule has 0 aliphatic heterocycles. The molecule has 302 valence electrons. The molecule has 1 aliphatic carbocycles. The van der Waals surface area contributed by atoms with Gasteiger partial charge in [-0.2, -0.15) is 0 Å². The van der Waals surface area contributed by atoms with Gasteiger partial charge in [0.05, 0.1) is 5.69 Å². The number of anilines is 3. The average molecular weight is 836 g/mol. The summed E-state index contributed by atoms with van der Waals surface area (Å²) in [5, 5.41) is 7.18. The van der Waals surface area contributed by atoms with E-state index in [1.54, 1.807) is 0 Å². The van der Waals surface area contributed by atoms with E-state index in [-0.39, 0.29) is 5.41 Å². The highest BCUT2D eigenvalue weighted by atomic mass is 32.1. The molecule has 0 N–H and O–H groups in total. The van der Waals surface area contributed by atoms with E-state index in [1.165, 1.54) is 75.5 Å². The quantitative estimate of drug-likeness (QED) is 0.166. The SMILES string of the molecule is CC1(C)c2ccccc2-c2ccc(-c3cc4oc5cc6ccccc6cc5c4cc3N(c3ccc(-c4ccccc4)cc3)c3ccc(-c4cccc5c4sc4ccccc45)cc3)cc21. The maximum atomic E-state index is 6.82. The van der Waals surface area contributed by atoms with Gasteiger partial charge in [-0.25, -0.2) is 0 Å². The fraction of sp³-hybridized carbons (Fsp3) is 0.0492. The number of nitrogens with zero attached hydrogens (tertiary/aromatic N) is 1. The summed E-state index contributed by atoms with van der Waals surface area (Å²) in [5.41, 5.74) is 17.3. The van der Waals surface area contributed by atoms with Gasteiger partial charge in [0.1, 0.15) is 11.2 Å². The zero-order valence-corrected chi connectivity index (χ0v) is 36.3. The first-order valence-corrected chi connectivity index (χ1v) is 22.9. The summed E-state index contributed by atoms with van der Waals surface area (Å²) in [5.74, 6) is 0. The molecule has 13 rings (SSSR count). The Hall–Kier alpha value is -7.72. The van der Waals surface area contributed by atoms with Gasteiger partial charge in [0.25, 0.3) is 0 Å². The van der Waals surface area contributed by atoms with E-state index in [0.717, 1.165) is 50.1 Å². The molecule has 12 aromatic rings. The van der Waals surface area contributed by atoms with Gasteiger partial charge < -0.3 is 9.32 Å². The van der Waals surface area contributed by atoms with Gasteiger partial charge in [0.15, 0.2) is 0 Å². The van der Waals surface area contributed by atoms with Gasteiger partial charge in [-0.3, -0.25) is 0 Å². The molecular formula is C61H41NOS. The molecule has 10 aromatic carbocycles. The van der Waals surface area contributed by atoms with Crippen LogP contribution in [0, 0.1) is 0 Å². The highest BCUT2D eigenvalue weighted by Gasteiger charge is 2.35. The second-order valence-corrected chi connectivity index (χ2v) is 18.7. The van der Waals surface area contributed by atoms with Crippen LogP contribution in [0.3, 0.4) is 0 Å². The van der Waals surface area contributed by atoms with Crippen molar-refractivity contribution in [3.8, 4) is 44.5 Å². The third-order valence-corrected chi connectivity index (χ3v) is 14.9. The molecule has 0 amide bonds. The third-order valence-electron chi connectivity index (χ3n) is 13.7. The van der Waals surface area contributed by atoms with E-state index in [2.05, 4.69) is 231 Å². The smallest absolute Gasteiger partial charge is 0.136 e. The van der Waals surface area contributed by atoms with E-state index in [1.807, 2.05) is 11.3 Å². The van der Waals surface area contributed by atoms with Crippen molar-refractivity contribution in [3.05, 3.63) is 223 Å². The molecule has 0 saturated heterocycles. The van der Waals surface area contributed by atoms with Crippen molar-refractivity contribution in [2.24, 2.45) is 0 Å². The maximum absolute atomic E-state index is 6.82. The van der Waals surface area contributed by atoms with Crippen LogP contribution in [0.25, 0.3) is 97.4 Å². The van der Waals surface area contributed by atoms with Gasteiger partial charge in [-0.05, 0) is 122 Å². The Bertz CT molecular complexity index is 3800. The Morgan fingerprint density at radius 1 is 0.391 bits per heavy atom. The number of fused-ring (bicyclic) bond motifs is 10. The molecule has 0 saturated carbocycles. The molecule has 0 bridgehead atoms. The monoisotopic (exact) mass is 835 g/mol. The molecule has 3 heteroatoms. The first-order chi connectivity index (χ1) is 31.5. The van der Waals surface area contributed by atoms with Gasteiger partial charge in [-0.1, -0.05) is 166 Å². The van der Waals surface area contributed by atoms with Crippen LogP contribution in [0.1, 0.15) is 25.0 Å². The van der Waals surface area contributed by atoms with Gasteiger partial charge in [0, 0.05) is 53.3 Å². The average Bonchev–Trinajstić information content (AvgIpc) is 3.98.